The molecule has 0 aromatic carbocycles. The van der Waals surface area contributed by atoms with Crippen LogP contribution in [0.4, 0.5) is 0 Å². The molecular weight excluding hydrogens is 288 g/mol. The van der Waals surface area contributed by atoms with Crippen LogP contribution in [0.3, 0.4) is 0 Å². The molecular formula is C15H18N2O3S. The average molecular weight is 306 g/mol. The van der Waals surface area contributed by atoms with Gasteiger partial charge in [-0.05, 0) is 30.8 Å². The number of carboxylic acid groups (broad SMARTS) is 1. The first-order valence-corrected chi connectivity index (χ1v) is 7.96. The Morgan fingerprint density at radius 3 is 3.10 bits per heavy atom. The summed E-state index contributed by atoms with van der Waals surface area (Å²) in [6.07, 6.45) is 1.37. The zero-order valence-corrected chi connectivity index (χ0v) is 12.7. The van der Waals surface area contributed by atoms with E-state index in [1.54, 1.807) is 11.3 Å². The SMILES string of the molecule is CCC1(C(=O)O)CCN(Cc2cc(-c3cccs3)on2)C1. The molecule has 2 aromatic rings. The van der Waals surface area contributed by atoms with Gasteiger partial charge in [0.15, 0.2) is 5.76 Å². The molecule has 3 rings (SSSR count). The number of carbonyl (C=O) groups is 1. The van der Waals surface area contributed by atoms with E-state index in [9.17, 15) is 9.90 Å². The molecule has 6 heteroatoms. The molecule has 1 aliphatic heterocycles. The second kappa shape index (κ2) is 5.61. The van der Waals surface area contributed by atoms with Crippen molar-refractivity contribution in [1.82, 2.24) is 10.1 Å². The van der Waals surface area contributed by atoms with Crippen LogP contribution in [-0.2, 0) is 11.3 Å². The summed E-state index contributed by atoms with van der Waals surface area (Å²) in [7, 11) is 0. The molecule has 1 atom stereocenters. The number of rotatable bonds is 5. The van der Waals surface area contributed by atoms with Gasteiger partial charge in [0.2, 0.25) is 0 Å². The summed E-state index contributed by atoms with van der Waals surface area (Å²) in [6, 6.07) is 5.92. The van der Waals surface area contributed by atoms with Crippen molar-refractivity contribution in [3.05, 3.63) is 29.3 Å². The molecule has 112 valence electrons. The molecule has 0 bridgehead atoms. The van der Waals surface area contributed by atoms with E-state index in [0.717, 1.165) is 22.9 Å². The molecule has 0 saturated carbocycles. The number of hydrogen-bond donors (Lipinski definition) is 1. The van der Waals surface area contributed by atoms with Crippen molar-refractivity contribution in [3.8, 4) is 10.6 Å². The van der Waals surface area contributed by atoms with Gasteiger partial charge in [-0.15, -0.1) is 11.3 Å². The Labute approximate surface area is 127 Å². The van der Waals surface area contributed by atoms with Gasteiger partial charge in [0.1, 0.15) is 0 Å². The number of carboxylic acids is 1. The minimum atomic E-state index is -0.688. The summed E-state index contributed by atoms with van der Waals surface area (Å²) in [6.45, 7) is 3.97. The van der Waals surface area contributed by atoms with Crippen LogP contribution in [0, 0.1) is 5.41 Å². The smallest absolute Gasteiger partial charge is 0.310 e. The van der Waals surface area contributed by atoms with E-state index >= 15 is 0 Å². The third kappa shape index (κ3) is 2.73. The molecule has 1 saturated heterocycles. The van der Waals surface area contributed by atoms with Gasteiger partial charge in [-0.3, -0.25) is 9.69 Å². The van der Waals surface area contributed by atoms with Crippen LogP contribution in [0.1, 0.15) is 25.5 Å². The van der Waals surface area contributed by atoms with Gasteiger partial charge in [0.05, 0.1) is 16.0 Å². The minimum absolute atomic E-state index is 0.583. The van der Waals surface area contributed by atoms with E-state index in [1.165, 1.54) is 0 Å². The average Bonchev–Trinajstić information content (AvgIpc) is 3.19. The predicted octanol–water partition coefficient (Wildman–Crippen LogP) is 3.09. The van der Waals surface area contributed by atoms with Crippen molar-refractivity contribution in [2.45, 2.75) is 26.3 Å². The van der Waals surface area contributed by atoms with Crippen LogP contribution in [0.5, 0.6) is 0 Å². The maximum Gasteiger partial charge on any atom is 0.310 e. The summed E-state index contributed by atoms with van der Waals surface area (Å²) in [5.74, 6) is 0.0890. The Balaban J connectivity index is 1.67. The number of aromatic nitrogens is 1. The number of nitrogens with zero attached hydrogens (tertiary/aromatic N) is 2. The van der Waals surface area contributed by atoms with Gasteiger partial charge in [0, 0.05) is 19.2 Å². The maximum absolute atomic E-state index is 11.5. The molecule has 0 amide bonds. The first-order chi connectivity index (χ1) is 10.1. The Morgan fingerprint density at radius 1 is 1.62 bits per heavy atom. The Morgan fingerprint density at radius 2 is 2.48 bits per heavy atom. The second-order valence-electron chi connectivity index (χ2n) is 5.56. The molecule has 1 N–H and O–H groups in total. The van der Waals surface area contributed by atoms with E-state index in [4.69, 9.17) is 4.52 Å². The summed E-state index contributed by atoms with van der Waals surface area (Å²) >= 11 is 1.61. The number of aliphatic carboxylic acids is 1. The molecule has 21 heavy (non-hydrogen) atoms. The lowest BCUT2D eigenvalue weighted by Crippen LogP contribution is -2.33. The van der Waals surface area contributed by atoms with Gasteiger partial charge in [0.25, 0.3) is 0 Å². The molecule has 2 aromatic heterocycles. The van der Waals surface area contributed by atoms with Gasteiger partial charge >= 0.3 is 5.97 Å². The van der Waals surface area contributed by atoms with Crippen LogP contribution in [0.25, 0.3) is 10.6 Å². The molecule has 5 nitrogen and oxygen atoms in total. The summed E-state index contributed by atoms with van der Waals surface area (Å²) in [4.78, 5) is 14.7. The minimum Gasteiger partial charge on any atom is -0.481 e. The summed E-state index contributed by atoms with van der Waals surface area (Å²) < 4.78 is 5.36. The highest BCUT2D eigenvalue weighted by Crippen LogP contribution is 2.35. The Bertz CT molecular complexity index is 623. The monoisotopic (exact) mass is 306 g/mol. The van der Waals surface area contributed by atoms with E-state index < -0.39 is 11.4 Å². The highest BCUT2D eigenvalue weighted by molar-refractivity contribution is 7.13. The first-order valence-electron chi connectivity index (χ1n) is 7.08. The Kier molecular flexibility index (Phi) is 3.82. The van der Waals surface area contributed by atoms with Gasteiger partial charge < -0.3 is 9.63 Å². The third-order valence-electron chi connectivity index (χ3n) is 4.27. The van der Waals surface area contributed by atoms with E-state index in [1.807, 2.05) is 30.5 Å². The second-order valence-corrected chi connectivity index (χ2v) is 6.51. The molecule has 0 spiro atoms. The molecule has 0 radical (unpaired) electrons. The lowest BCUT2D eigenvalue weighted by atomic mass is 9.84. The van der Waals surface area contributed by atoms with Crippen molar-refractivity contribution in [3.63, 3.8) is 0 Å². The van der Waals surface area contributed by atoms with Gasteiger partial charge in [-0.25, -0.2) is 0 Å². The standard InChI is InChI=1S/C15H18N2O3S/c1-2-15(14(18)19)5-6-17(10-15)9-11-8-12(20-16-11)13-4-3-7-21-13/h3-4,7-8H,2,5-6,9-10H2,1H3,(H,18,19). The lowest BCUT2D eigenvalue weighted by molar-refractivity contribution is -0.148. The van der Waals surface area contributed by atoms with E-state index in [0.29, 0.717) is 25.9 Å². The molecule has 1 fully saturated rings. The summed E-state index contributed by atoms with van der Waals surface area (Å²) in [5, 5.41) is 15.5. The van der Waals surface area contributed by atoms with Gasteiger partial charge in [-0.1, -0.05) is 18.1 Å². The predicted molar refractivity (Wildman–Crippen MR) is 80.1 cm³/mol. The molecule has 1 aliphatic rings. The highest BCUT2D eigenvalue weighted by atomic mass is 32.1. The van der Waals surface area contributed by atoms with Crippen LogP contribution >= 0.6 is 11.3 Å². The maximum atomic E-state index is 11.5. The fourth-order valence-electron chi connectivity index (χ4n) is 2.86. The highest BCUT2D eigenvalue weighted by Gasteiger charge is 2.43. The molecule has 1 unspecified atom stereocenters. The molecule has 3 heterocycles. The zero-order chi connectivity index (χ0) is 14.9. The van der Waals surface area contributed by atoms with Crippen molar-refractivity contribution >= 4 is 17.3 Å². The number of hydrogen-bond acceptors (Lipinski definition) is 5. The quantitative estimate of drug-likeness (QED) is 0.919. The fourth-order valence-corrected chi connectivity index (χ4v) is 3.53. The topological polar surface area (TPSA) is 66.6 Å². The van der Waals surface area contributed by atoms with E-state index in [2.05, 4.69) is 10.1 Å². The first kappa shape index (κ1) is 14.3. The third-order valence-corrected chi connectivity index (χ3v) is 5.16. The zero-order valence-electron chi connectivity index (χ0n) is 11.9. The lowest BCUT2D eigenvalue weighted by Gasteiger charge is -2.22. The van der Waals surface area contributed by atoms with Crippen LogP contribution in [0.15, 0.2) is 28.1 Å². The number of likely N-dealkylation sites (tertiary alicyclic amines) is 1. The Hall–Kier alpha value is -1.66. The summed E-state index contributed by atoms with van der Waals surface area (Å²) in [5.41, 5.74) is 0.260. The van der Waals surface area contributed by atoms with Crippen molar-refractivity contribution in [2.75, 3.05) is 13.1 Å². The van der Waals surface area contributed by atoms with Crippen LogP contribution in [0.2, 0.25) is 0 Å². The van der Waals surface area contributed by atoms with Crippen LogP contribution < -0.4 is 0 Å². The van der Waals surface area contributed by atoms with Crippen molar-refractivity contribution in [1.29, 1.82) is 0 Å². The van der Waals surface area contributed by atoms with Crippen LogP contribution in [-0.4, -0.2) is 34.2 Å². The normalized spacial score (nSPS) is 22.7. The number of thiophene rings is 1. The fraction of sp³-hybridized carbons (Fsp3) is 0.467. The van der Waals surface area contributed by atoms with Crippen molar-refractivity contribution < 1.29 is 14.4 Å². The van der Waals surface area contributed by atoms with Crippen molar-refractivity contribution in [2.24, 2.45) is 5.41 Å². The van der Waals surface area contributed by atoms with Gasteiger partial charge in [-0.2, -0.15) is 0 Å². The largest absolute Gasteiger partial charge is 0.481 e. The molecule has 0 aliphatic carbocycles. The van der Waals surface area contributed by atoms with E-state index in [-0.39, 0.29) is 0 Å².